The van der Waals surface area contributed by atoms with Gasteiger partial charge in [-0.15, -0.1) is 0 Å². The molecule has 10 atom stereocenters. The number of aliphatic hydroxyl groups is 1. The zero-order valence-corrected chi connectivity index (χ0v) is 31.1. The normalized spacial score (nSPS) is 35.2. The van der Waals surface area contributed by atoms with E-state index in [-0.39, 0.29) is 37.9 Å². The molecule has 56 heavy (non-hydrogen) atoms. The van der Waals surface area contributed by atoms with Gasteiger partial charge >= 0.3 is 5.97 Å². The fourth-order valence-electron chi connectivity index (χ4n) is 10.4. The zero-order valence-electron chi connectivity index (χ0n) is 31.1. The molecule has 2 amide bonds. The minimum absolute atomic E-state index is 0.0819. The van der Waals surface area contributed by atoms with Gasteiger partial charge in [0.05, 0.1) is 25.4 Å². The van der Waals surface area contributed by atoms with Gasteiger partial charge < -0.3 is 34.3 Å². The number of hydroxylamine groups is 2. The first-order chi connectivity index (χ1) is 27.4. The summed E-state index contributed by atoms with van der Waals surface area (Å²) in [5.41, 5.74) is 2.01. The molecule has 2 aliphatic carbocycles. The fourth-order valence-corrected chi connectivity index (χ4v) is 10.4. The minimum Gasteiger partial charge on any atom is -0.458 e. The average Bonchev–Trinajstić information content (AvgIpc) is 3.51. The number of carbonyl (C=O) groups excluding carboxylic acids is 3. The monoisotopic (exact) mass is 761 g/mol. The Kier molecular flexibility index (Phi) is 9.11. The van der Waals surface area contributed by atoms with E-state index in [1.807, 2.05) is 78.9 Å². The minimum atomic E-state index is -1.44. The Balaban J connectivity index is 1.04. The van der Waals surface area contributed by atoms with Crippen LogP contribution in [-0.4, -0.2) is 101 Å². The Hall–Kier alpha value is -4.43. The maximum absolute atomic E-state index is 15.5. The van der Waals surface area contributed by atoms with E-state index in [0.717, 1.165) is 41.5 Å². The number of likely N-dealkylation sites (tertiary alicyclic amines) is 1. The fraction of sp³-hybridized carbons (Fsp3) is 0.477. The lowest BCUT2D eigenvalue weighted by atomic mass is 9.62. The lowest BCUT2D eigenvalue weighted by Gasteiger charge is -2.50. The van der Waals surface area contributed by atoms with Gasteiger partial charge in [-0.05, 0) is 49.1 Å². The first kappa shape index (κ1) is 35.9. The van der Waals surface area contributed by atoms with Gasteiger partial charge in [-0.3, -0.25) is 19.2 Å². The van der Waals surface area contributed by atoms with Crippen molar-refractivity contribution in [2.24, 2.45) is 11.3 Å². The molecule has 3 unspecified atom stereocenters. The molecule has 7 aliphatic rings. The number of ether oxygens (including phenoxy) is 4. The van der Waals surface area contributed by atoms with Crippen molar-refractivity contribution in [1.82, 2.24) is 15.3 Å². The molecule has 12 nitrogen and oxygen atoms in total. The molecule has 0 radical (unpaired) electrons. The molecular weight excluding hydrogens is 714 g/mol. The molecule has 0 aromatic heterocycles. The Morgan fingerprint density at radius 2 is 1.61 bits per heavy atom. The van der Waals surface area contributed by atoms with Crippen molar-refractivity contribution in [3.05, 3.63) is 113 Å². The average molecular weight is 762 g/mol. The maximum Gasteiger partial charge on any atom is 0.327 e. The number of nitrogens with zero attached hydrogens (tertiary/aromatic N) is 2. The van der Waals surface area contributed by atoms with Crippen LogP contribution >= 0.6 is 0 Å². The number of epoxide rings is 1. The SMILES string of the molecule is O=C(NCCO)[C@H]1CCCN1C(=O)[C@@]12C[C@H]3OC(=O)[C@@H]1N(Cc1ccccc1C=CC1CCC4OC4C1)O[C@@H]2[C@H]1OC(c2ccccc2)(c2ccccc2)O[C@H]13. The summed E-state index contributed by atoms with van der Waals surface area (Å²) in [5, 5.41) is 13.8. The first-order valence-corrected chi connectivity index (χ1v) is 20.1. The number of hydrogen-bond acceptors (Lipinski definition) is 10. The highest BCUT2D eigenvalue weighted by Gasteiger charge is 2.77. The van der Waals surface area contributed by atoms with E-state index in [0.29, 0.717) is 37.5 Å². The van der Waals surface area contributed by atoms with E-state index in [9.17, 15) is 14.7 Å². The number of nitrogens with one attached hydrogen (secondary N) is 1. The summed E-state index contributed by atoms with van der Waals surface area (Å²) in [6.07, 6.45) is 6.31. The van der Waals surface area contributed by atoms with Crippen molar-refractivity contribution in [3.63, 3.8) is 0 Å². The Morgan fingerprint density at radius 1 is 0.875 bits per heavy atom. The Labute approximate surface area is 325 Å². The number of aliphatic hydroxyl groups excluding tert-OH is 1. The van der Waals surface area contributed by atoms with E-state index in [1.54, 1.807) is 9.96 Å². The molecule has 10 rings (SSSR count). The molecule has 12 heteroatoms. The van der Waals surface area contributed by atoms with E-state index in [4.69, 9.17) is 23.8 Å². The van der Waals surface area contributed by atoms with Crippen LogP contribution in [0.25, 0.3) is 6.08 Å². The number of esters is 1. The highest BCUT2D eigenvalue weighted by atomic mass is 16.8. The second-order valence-electron chi connectivity index (χ2n) is 16.3. The lowest BCUT2D eigenvalue weighted by Crippen LogP contribution is -2.70. The van der Waals surface area contributed by atoms with Gasteiger partial charge in [0, 0.05) is 30.6 Å². The number of carbonyl (C=O) groups is 3. The van der Waals surface area contributed by atoms with Crippen LogP contribution in [0.1, 0.15) is 60.8 Å². The molecule has 0 spiro atoms. The molecule has 292 valence electrons. The van der Waals surface area contributed by atoms with Gasteiger partial charge in [0.2, 0.25) is 17.6 Å². The summed E-state index contributed by atoms with van der Waals surface area (Å²) >= 11 is 0. The number of benzene rings is 3. The van der Waals surface area contributed by atoms with E-state index >= 15 is 4.79 Å². The molecule has 3 aromatic carbocycles. The molecular formula is C44H47N3O9. The standard InChI is InChI=1S/C44H47N3O9/c48-23-21-45-40(49)32-16-9-22-46(32)42(51)43-25-35-36-37(55-44(54-36,30-12-3-1-4-13-30)31-14-5-2-6-15-31)39(43)56-47(38(43)41(50)53-35)26-29-11-8-7-10-28(29)19-17-27-18-20-33-34(24-27)52-33/h1-8,10-15,17,19,27,32-39,48H,9,16,18,20-26H2,(H,45,49)/t27?,32-,33?,34?,35-,36+,37+,38+,39-,43+/m1/s1. The second-order valence-corrected chi connectivity index (χ2v) is 16.3. The summed E-state index contributed by atoms with van der Waals surface area (Å²) < 4.78 is 26.2. The summed E-state index contributed by atoms with van der Waals surface area (Å²) in [7, 11) is 0. The smallest absolute Gasteiger partial charge is 0.327 e. The highest BCUT2D eigenvalue weighted by molar-refractivity contribution is 5.96. The molecule has 2 bridgehead atoms. The molecule has 2 saturated carbocycles. The third-order valence-corrected chi connectivity index (χ3v) is 13.1. The topological polar surface area (TPSA) is 139 Å². The van der Waals surface area contributed by atoms with Crippen LogP contribution in [0.4, 0.5) is 0 Å². The number of hydrogen-bond donors (Lipinski definition) is 2. The highest BCUT2D eigenvalue weighted by Crippen LogP contribution is 2.60. The summed E-state index contributed by atoms with van der Waals surface area (Å²) in [6.45, 7) is 0.422. The van der Waals surface area contributed by atoms with Crippen LogP contribution in [0.5, 0.6) is 0 Å². The van der Waals surface area contributed by atoms with Crippen molar-refractivity contribution in [2.45, 2.75) is 99.6 Å². The summed E-state index contributed by atoms with van der Waals surface area (Å²) in [4.78, 5) is 52.0. The van der Waals surface area contributed by atoms with Crippen molar-refractivity contribution in [3.8, 4) is 0 Å². The van der Waals surface area contributed by atoms with Crippen LogP contribution in [0.2, 0.25) is 0 Å². The summed E-state index contributed by atoms with van der Waals surface area (Å²) in [6, 6.07) is 25.5. The van der Waals surface area contributed by atoms with Gasteiger partial charge in [0.1, 0.15) is 35.9 Å². The Bertz CT molecular complexity index is 1970. The zero-order chi connectivity index (χ0) is 38.0. The molecule has 2 N–H and O–H groups in total. The van der Waals surface area contributed by atoms with Crippen molar-refractivity contribution < 1.29 is 43.3 Å². The molecule has 5 saturated heterocycles. The predicted octanol–water partition coefficient (Wildman–Crippen LogP) is 3.85. The van der Waals surface area contributed by atoms with Crippen LogP contribution in [0.15, 0.2) is 91.0 Å². The number of fused-ring (bicyclic) bond motifs is 5. The number of rotatable bonds is 10. The van der Waals surface area contributed by atoms with Crippen molar-refractivity contribution >= 4 is 23.9 Å². The van der Waals surface area contributed by atoms with Gasteiger partial charge in [-0.1, -0.05) is 97.1 Å². The van der Waals surface area contributed by atoms with E-state index in [2.05, 4.69) is 23.5 Å². The lowest BCUT2D eigenvalue weighted by molar-refractivity contribution is -0.214. The van der Waals surface area contributed by atoms with Gasteiger partial charge in [-0.2, -0.15) is 5.06 Å². The maximum atomic E-state index is 15.5. The van der Waals surface area contributed by atoms with Crippen LogP contribution in [0.3, 0.4) is 0 Å². The largest absolute Gasteiger partial charge is 0.458 e. The second kappa shape index (κ2) is 14.2. The number of allylic oxidation sites excluding steroid dienone is 1. The predicted molar refractivity (Wildman–Crippen MR) is 201 cm³/mol. The van der Waals surface area contributed by atoms with E-state index in [1.165, 1.54) is 0 Å². The number of amides is 2. The Morgan fingerprint density at radius 3 is 2.36 bits per heavy atom. The van der Waals surface area contributed by atoms with Crippen LogP contribution in [0, 0.1) is 11.3 Å². The first-order valence-electron chi connectivity index (χ1n) is 20.1. The van der Waals surface area contributed by atoms with Gasteiger partial charge in [0.15, 0.2) is 6.04 Å². The van der Waals surface area contributed by atoms with E-state index < -0.39 is 53.7 Å². The molecule has 5 aliphatic heterocycles. The molecule has 7 fully saturated rings. The van der Waals surface area contributed by atoms with Crippen LogP contribution < -0.4 is 5.32 Å². The molecule has 3 aromatic rings. The van der Waals surface area contributed by atoms with Gasteiger partial charge in [0.25, 0.3) is 0 Å². The quantitative estimate of drug-likeness (QED) is 0.232. The van der Waals surface area contributed by atoms with Crippen molar-refractivity contribution in [2.75, 3.05) is 19.7 Å². The third kappa shape index (κ3) is 5.83. The van der Waals surface area contributed by atoms with Gasteiger partial charge in [-0.25, -0.2) is 0 Å². The van der Waals surface area contributed by atoms with Crippen LogP contribution in [-0.2, 0) is 50.5 Å². The third-order valence-electron chi connectivity index (χ3n) is 13.1. The van der Waals surface area contributed by atoms with Crippen molar-refractivity contribution in [1.29, 1.82) is 0 Å². The summed E-state index contributed by atoms with van der Waals surface area (Å²) in [5.74, 6) is -2.17. The molecule has 5 heterocycles.